The molecule has 24 heavy (non-hydrogen) atoms. The molecule has 1 amide bonds. The minimum atomic E-state index is -2.23. The molecule has 0 heterocycles. The summed E-state index contributed by atoms with van der Waals surface area (Å²) < 4.78 is 13.4. The molecule has 1 rings (SSSR count). The molecule has 9 nitrogen and oxygen atoms in total. The fourth-order valence-electron chi connectivity index (χ4n) is 1.69. The second kappa shape index (κ2) is 8.42. The highest BCUT2D eigenvalue weighted by atomic mass is 16.5. The van der Waals surface area contributed by atoms with Crippen molar-refractivity contribution in [2.45, 2.75) is 0 Å². The standard InChI is InChI=1S/C15H15NO8/c1-22-9-6-4-5-8(7-9)16-13(19)11(17)10(14(20)23-2)12(18)15(21)24-3/h4-7,10H,1-3H3,(H,16,19)/t10-/m0/s1. The largest absolute Gasteiger partial charge is 0.497 e. The van der Waals surface area contributed by atoms with E-state index in [1.54, 1.807) is 12.1 Å². The lowest BCUT2D eigenvalue weighted by molar-refractivity contribution is -0.163. The zero-order valence-corrected chi connectivity index (χ0v) is 13.2. The maximum absolute atomic E-state index is 12.1. The fourth-order valence-corrected chi connectivity index (χ4v) is 1.69. The highest BCUT2D eigenvalue weighted by Crippen LogP contribution is 2.17. The Morgan fingerprint density at radius 3 is 2.17 bits per heavy atom. The van der Waals surface area contributed by atoms with E-state index in [4.69, 9.17) is 4.74 Å². The molecule has 0 saturated carbocycles. The number of esters is 2. The molecule has 1 atom stereocenters. The average Bonchev–Trinajstić information content (AvgIpc) is 2.60. The monoisotopic (exact) mass is 337 g/mol. The van der Waals surface area contributed by atoms with Crippen molar-refractivity contribution in [2.24, 2.45) is 5.92 Å². The van der Waals surface area contributed by atoms with Crippen LogP contribution in [-0.2, 0) is 33.4 Å². The third kappa shape index (κ3) is 4.38. The molecular weight excluding hydrogens is 322 g/mol. The number of ether oxygens (including phenoxy) is 3. The van der Waals surface area contributed by atoms with Gasteiger partial charge in [-0.25, -0.2) is 4.79 Å². The lowest BCUT2D eigenvalue weighted by Gasteiger charge is -2.11. The lowest BCUT2D eigenvalue weighted by Crippen LogP contribution is -2.42. The summed E-state index contributed by atoms with van der Waals surface area (Å²) in [6.45, 7) is 0. The van der Waals surface area contributed by atoms with E-state index in [2.05, 4.69) is 14.8 Å². The normalized spacial score (nSPS) is 11.0. The first kappa shape index (κ1) is 18.8. The quantitative estimate of drug-likeness (QED) is 0.410. The molecule has 0 aliphatic rings. The molecule has 128 valence electrons. The van der Waals surface area contributed by atoms with Crippen molar-refractivity contribution < 1.29 is 38.2 Å². The third-order valence-electron chi connectivity index (χ3n) is 2.90. The second-order valence-electron chi connectivity index (χ2n) is 4.36. The summed E-state index contributed by atoms with van der Waals surface area (Å²) in [5.74, 6) is -8.79. The summed E-state index contributed by atoms with van der Waals surface area (Å²) in [6.07, 6.45) is 0. The van der Waals surface area contributed by atoms with Crippen molar-refractivity contribution in [1.82, 2.24) is 0 Å². The van der Waals surface area contributed by atoms with Gasteiger partial charge < -0.3 is 19.5 Å². The molecule has 0 saturated heterocycles. The van der Waals surface area contributed by atoms with E-state index in [0.717, 1.165) is 14.2 Å². The second-order valence-corrected chi connectivity index (χ2v) is 4.36. The van der Waals surface area contributed by atoms with Crippen LogP contribution in [0.15, 0.2) is 24.3 Å². The number of nitrogens with one attached hydrogen (secondary N) is 1. The summed E-state index contributed by atoms with van der Waals surface area (Å²) in [7, 11) is 3.22. The molecule has 1 N–H and O–H groups in total. The van der Waals surface area contributed by atoms with Gasteiger partial charge in [0.25, 0.3) is 11.7 Å². The Morgan fingerprint density at radius 2 is 1.62 bits per heavy atom. The van der Waals surface area contributed by atoms with E-state index in [-0.39, 0.29) is 5.69 Å². The van der Waals surface area contributed by atoms with Crippen LogP contribution in [0, 0.1) is 5.92 Å². The first-order valence-electron chi connectivity index (χ1n) is 6.55. The van der Waals surface area contributed by atoms with Gasteiger partial charge in [-0.3, -0.25) is 19.2 Å². The number of rotatable bonds is 7. The van der Waals surface area contributed by atoms with Crippen LogP contribution in [-0.4, -0.2) is 50.7 Å². The van der Waals surface area contributed by atoms with Gasteiger partial charge in [0, 0.05) is 11.8 Å². The molecule has 0 bridgehead atoms. The van der Waals surface area contributed by atoms with Gasteiger partial charge >= 0.3 is 11.9 Å². The predicted molar refractivity (Wildman–Crippen MR) is 79.2 cm³/mol. The molecule has 0 spiro atoms. The molecule has 1 aromatic carbocycles. The number of methoxy groups -OCH3 is 3. The van der Waals surface area contributed by atoms with Crippen LogP contribution < -0.4 is 10.1 Å². The van der Waals surface area contributed by atoms with Crippen LogP contribution in [0.1, 0.15) is 0 Å². The first-order chi connectivity index (χ1) is 11.3. The number of anilines is 1. The van der Waals surface area contributed by atoms with Gasteiger partial charge in [0.1, 0.15) is 5.75 Å². The summed E-state index contributed by atoms with van der Waals surface area (Å²) in [4.78, 5) is 58.7. The number of carbonyl (C=O) groups is 5. The first-order valence-corrected chi connectivity index (χ1v) is 6.55. The highest BCUT2D eigenvalue weighted by molar-refractivity contribution is 6.54. The van der Waals surface area contributed by atoms with Crippen LogP contribution in [0.4, 0.5) is 5.69 Å². The van der Waals surface area contributed by atoms with Crippen molar-refractivity contribution in [3.8, 4) is 5.75 Å². The molecule has 0 aliphatic carbocycles. The van der Waals surface area contributed by atoms with Crippen LogP contribution in [0.3, 0.4) is 0 Å². The molecule has 1 aromatic rings. The Morgan fingerprint density at radius 1 is 0.958 bits per heavy atom. The molecule has 0 fully saturated rings. The minimum Gasteiger partial charge on any atom is -0.497 e. The van der Waals surface area contributed by atoms with E-state index in [1.165, 1.54) is 19.2 Å². The summed E-state index contributed by atoms with van der Waals surface area (Å²) >= 11 is 0. The van der Waals surface area contributed by atoms with Gasteiger partial charge in [-0.05, 0) is 12.1 Å². The van der Waals surface area contributed by atoms with Crippen LogP contribution in [0.2, 0.25) is 0 Å². The van der Waals surface area contributed by atoms with E-state index < -0.39 is 35.3 Å². The summed E-state index contributed by atoms with van der Waals surface area (Å²) in [5, 5.41) is 2.21. The maximum Gasteiger partial charge on any atom is 0.375 e. The number of Topliss-reactive ketones (excluding diaryl/α,β-unsaturated/α-hetero) is 2. The molecule has 0 radical (unpaired) electrons. The number of benzene rings is 1. The lowest BCUT2D eigenvalue weighted by atomic mass is 9.98. The maximum atomic E-state index is 12.1. The fraction of sp³-hybridized carbons (Fsp3) is 0.267. The molecule has 9 heteroatoms. The minimum absolute atomic E-state index is 0.196. The SMILES string of the molecule is COC(=O)C(=O)[C@@H](C(=O)OC)C(=O)C(=O)Nc1cccc(OC)c1. The average molecular weight is 337 g/mol. The Hall–Kier alpha value is -3.23. The van der Waals surface area contributed by atoms with E-state index >= 15 is 0 Å². The Labute approximate surface area is 136 Å². The highest BCUT2D eigenvalue weighted by Gasteiger charge is 2.42. The van der Waals surface area contributed by atoms with Gasteiger partial charge in [0.05, 0.1) is 21.3 Å². The zero-order valence-electron chi connectivity index (χ0n) is 13.2. The Kier molecular flexibility index (Phi) is 6.60. The predicted octanol–water partition coefficient (Wildman–Crippen LogP) is -0.266. The summed E-state index contributed by atoms with van der Waals surface area (Å²) in [6, 6.07) is 6.04. The van der Waals surface area contributed by atoms with Gasteiger partial charge in [-0.1, -0.05) is 6.07 Å². The Bertz CT molecular complexity index is 682. The smallest absolute Gasteiger partial charge is 0.375 e. The number of carbonyl (C=O) groups excluding carboxylic acids is 5. The van der Waals surface area contributed by atoms with Crippen molar-refractivity contribution >= 4 is 35.1 Å². The van der Waals surface area contributed by atoms with Crippen molar-refractivity contribution in [1.29, 1.82) is 0 Å². The number of amides is 1. The van der Waals surface area contributed by atoms with Crippen LogP contribution in [0.25, 0.3) is 0 Å². The van der Waals surface area contributed by atoms with Gasteiger partial charge in [0.2, 0.25) is 5.78 Å². The zero-order chi connectivity index (χ0) is 18.3. The molecule has 0 unspecified atom stereocenters. The number of hydrogen-bond donors (Lipinski definition) is 1. The van der Waals surface area contributed by atoms with Gasteiger partial charge in [-0.15, -0.1) is 0 Å². The summed E-state index contributed by atoms with van der Waals surface area (Å²) in [5.41, 5.74) is 0.196. The Balaban J connectivity index is 3.00. The van der Waals surface area contributed by atoms with E-state index in [1.807, 2.05) is 0 Å². The van der Waals surface area contributed by atoms with Crippen LogP contribution in [0.5, 0.6) is 5.75 Å². The number of ketones is 2. The van der Waals surface area contributed by atoms with Crippen LogP contribution >= 0.6 is 0 Å². The molecule has 0 aromatic heterocycles. The topological polar surface area (TPSA) is 125 Å². The van der Waals surface area contributed by atoms with E-state index in [0.29, 0.717) is 5.75 Å². The van der Waals surface area contributed by atoms with E-state index in [9.17, 15) is 24.0 Å². The van der Waals surface area contributed by atoms with Crippen molar-refractivity contribution in [3.63, 3.8) is 0 Å². The van der Waals surface area contributed by atoms with Crippen molar-refractivity contribution in [3.05, 3.63) is 24.3 Å². The van der Waals surface area contributed by atoms with Crippen molar-refractivity contribution in [2.75, 3.05) is 26.6 Å². The molecule has 0 aliphatic heterocycles. The molecular formula is C15H15NO8. The third-order valence-corrected chi connectivity index (χ3v) is 2.90. The number of hydrogen-bond acceptors (Lipinski definition) is 8. The van der Waals surface area contributed by atoms with Gasteiger partial charge in [-0.2, -0.15) is 0 Å². The van der Waals surface area contributed by atoms with Gasteiger partial charge in [0.15, 0.2) is 5.92 Å².